The summed E-state index contributed by atoms with van der Waals surface area (Å²) in [6.07, 6.45) is 1.90. The zero-order valence-electron chi connectivity index (χ0n) is 19.4. The molecule has 9 heteroatoms. The fourth-order valence-electron chi connectivity index (χ4n) is 4.29. The molecule has 0 bridgehead atoms. The third-order valence-corrected chi connectivity index (χ3v) is 6.00. The first-order valence-corrected chi connectivity index (χ1v) is 10.9. The number of carbonyl (C=O) groups is 1. The highest BCUT2D eigenvalue weighted by molar-refractivity contribution is 5.95. The molecule has 2 aromatic heterocycles. The molecule has 0 fully saturated rings. The number of fused-ring (bicyclic) bond motifs is 1. The average molecular weight is 457 g/mol. The zero-order chi connectivity index (χ0) is 23.8. The summed E-state index contributed by atoms with van der Waals surface area (Å²) >= 11 is 0. The number of methoxy groups -OCH3 is 2. The number of nitrogens with one attached hydrogen (secondary N) is 1. The van der Waals surface area contributed by atoms with Crippen molar-refractivity contribution in [1.82, 2.24) is 25.0 Å². The molecule has 1 amide bonds. The fourth-order valence-corrected chi connectivity index (χ4v) is 4.29. The number of ether oxygens (including phenoxy) is 2. The quantitative estimate of drug-likeness (QED) is 0.487. The number of aromatic nitrogens is 5. The highest BCUT2D eigenvalue weighted by Gasteiger charge is 2.33. The van der Waals surface area contributed by atoms with E-state index in [0.717, 1.165) is 27.9 Å². The minimum absolute atomic E-state index is 0.115. The lowest BCUT2D eigenvalue weighted by Crippen LogP contribution is -2.25. The lowest BCUT2D eigenvalue weighted by molar-refractivity contribution is -0.116. The molecular weight excluding hydrogens is 432 g/mol. The van der Waals surface area contributed by atoms with Crippen LogP contribution in [0.3, 0.4) is 0 Å². The van der Waals surface area contributed by atoms with Crippen LogP contribution in [0, 0.1) is 13.8 Å². The Morgan fingerprint density at radius 1 is 1.03 bits per heavy atom. The van der Waals surface area contributed by atoms with E-state index in [4.69, 9.17) is 9.47 Å². The summed E-state index contributed by atoms with van der Waals surface area (Å²) < 4.78 is 12.4. The molecule has 3 heterocycles. The molecule has 172 valence electrons. The van der Waals surface area contributed by atoms with Crippen LogP contribution >= 0.6 is 0 Å². The highest BCUT2D eigenvalue weighted by Crippen LogP contribution is 2.42. The molecule has 0 saturated carbocycles. The summed E-state index contributed by atoms with van der Waals surface area (Å²) in [6, 6.07) is 13.7. The Labute approximate surface area is 196 Å². The Morgan fingerprint density at radius 2 is 1.79 bits per heavy atom. The summed E-state index contributed by atoms with van der Waals surface area (Å²) in [5.74, 6) is 1.76. The van der Waals surface area contributed by atoms with Gasteiger partial charge in [0.25, 0.3) is 5.95 Å². The van der Waals surface area contributed by atoms with Crippen molar-refractivity contribution in [1.29, 1.82) is 0 Å². The predicted molar refractivity (Wildman–Crippen MR) is 126 cm³/mol. The maximum absolute atomic E-state index is 12.7. The van der Waals surface area contributed by atoms with Gasteiger partial charge >= 0.3 is 0 Å². The first kappa shape index (κ1) is 21.6. The Balaban J connectivity index is 1.59. The smallest absolute Gasteiger partial charge is 0.272 e. The van der Waals surface area contributed by atoms with Crippen molar-refractivity contribution in [2.75, 3.05) is 19.5 Å². The molecule has 0 spiro atoms. The van der Waals surface area contributed by atoms with E-state index in [1.165, 1.54) is 0 Å². The van der Waals surface area contributed by atoms with Crippen LogP contribution in [0.1, 0.15) is 34.7 Å². The molecule has 1 aliphatic heterocycles. The van der Waals surface area contributed by atoms with Crippen LogP contribution in [0.25, 0.3) is 17.2 Å². The number of nitrogens with zero attached hydrogens (tertiary/aromatic N) is 5. The number of benzene rings is 2. The van der Waals surface area contributed by atoms with Crippen LogP contribution in [0.4, 0.5) is 5.82 Å². The van der Waals surface area contributed by atoms with Gasteiger partial charge in [-0.05, 0) is 31.5 Å². The maximum Gasteiger partial charge on any atom is 0.272 e. The second-order valence-corrected chi connectivity index (χ2v) is 8.19. The Morgan fingerprint density at radius 3 is 2.53 bits per heavy atom. The average Bonchev–Trinajstić information content (AvgIpc) is 3.19. The van der Waals surface area contributed by atoms with Gasteiger partial charge in [0.05, 0.1) is 31.8 Å². The lowest BCUT2D eigenvalue weighted by Gasteiger charge is -2.24. The zero-order valence-corrected chi connectivity index (χ0v) is 19.4. The largest absolute Gasteiger partial charge is 0.493 e. The van der Waals surface area contributed by atoms with E-state index in [0.29, 0.717) is 23.0 Å². The first-order chi connectivity index (χ1) is 16.5. The van der Waals surface area contributed by atoms with Crippen molar-refractivity contribution in [2.24, 2.45) is 0 Å². The van der Waals surface area contributed by atoms with Crippen molar-refractivity contribution in [3.05, 3.63) is 71.0 Å². The lowest BCUT2D eigenvalue weighted by atomic mass is 9.85. The SMILES string of the molecule is COc1ccc([C@@H]2CC(=O)Nc3c2c(C)nn3-c2nncc(-c3ccc(C)cc3)n2)cc1OC. The van der Waals surface area contributed by atoms with Crippen molar-refractivity contribution in [3.63, 3.8) is 0 Å². The number of carbonyl (C=O) groups excluding carboxylic acids is 1. The summed E-state index contributed by atoms with van der Waals surface area (Å²) in [5.41, 5.74) is 5.38. The Bertz CT molecular complexity index is 1380. The minimum atomic E-state index is -0.203. The van der Waals surface area contributed by atoms with Crippen molar-refractivity contribution in [2.45, 2.75) is 26.2 Å². The third-order valence-electron chi connectivity index (χ3n) is 6.00. The van der Waals surface area contributed by atoms with Gasteiger partial charge in [0.2, 0.25) is 5.91 Å². The van der Waals surface area contributed by atoms with Gasteiger partial charge in [-0.1, -0.05) is 35.9 Å². The number of aryl methyl sites for hydroxylation is 2. The van der Waals surface area contributed by atoms with E-state index in [9.17, 15) is 4.79 Å². The molecule has 0 aliphatic carbocycles. The van der Waals surface area contributed by atoms with Gasteiger partial charge < -0.3 is 14.8 Å². The number of anilines is 1. The van der Waals surface area contributed by atoms with Gasteiger partial charge in [0, 0.05) is 23.5 Å². The summed E-state index contributed by atoms with van der Waals surface area (Å²) in [7, 11) is 3.19. The van der Waals surface area contributed by atoms with E-state index < -0.39 is 0 Å². The highest BCUT2D eigenvalue weighted by atomic mass is 16.5. The molecule has 0 unspecified atom stereocenters. The van der Waals surface area contributed by atoms with Gasteiger partial charge in [-0.2, -0.15) is 14.9 Å². The fraction of sp³-hybridized carbons (Fsp3) is 0.240. The predicted octanol–water partition coefficient (Wildman–Crippen LogP) is 3.83. The molecule has 0 radical (unpaired) electrons. The monoisotopic (exact) mass is 456 g/mol. The molecular formula is C25H24N6O3. The molecule has 0 saturated heterocycles. The number of hydrogen-bond donors (Lipinski definition) is 1. The summed E-state index contributed by atoms with van der Waals surface area (Å²) in [5, 5.41) is 16.0. The van der Waals surface area contributed by atoms with Crippen LogP contribution in [-0.2, 0) is 4.79 Å². The van der Waals surface area contributed by atoms with Crippen LogP contribution in [0.5, 0.6) is 11.5 Å². The molecule has 34 heavy (non-hydrogen) atoms. The molecule has 1 atom stereocenters. The topological polar surface area (TPSA) is 104 Å². The maximum atomic E-state index is 12.7. The number of hydrogen-bond acceptors (Lipinski definition) is 7. The summed E-state index contributed by atoms with van der Waals surface area (Å²) in [6.45, 7) is 3.95. The second-order valence-electron chi connectivity index (χ2n) is 8.19. The standard InChI is InChI=1S/C25H24N6O3/c1-14-5-7-16(8-6-14)19-13-26-29-25(27-19)31-24-23(15(2)30-31)18(12-22(32)28-24)17-9-10-20(33-3)21(11-17)34-4/h5-11,13,18H,12H2,1-4H3,(H,28,32)/t18-/m0/s1. The Kier molecular flexibility index (Phi) is 5.45. The van der Waals surface area contributed by atoms with Gasteiger partial charge in [0.15, 0.2) is 11.5 Å². The van der Waals surface area contributed by atoms with E-state index in [1.54, 1.807) is 25.1 Å². The Hall–Kier alpha value is -4.27. The van der Waals surface area contributed by atoms with Gasteiger partial charge in [-0.25, -0.2) is 4.98 Å². The number of rotatable bonds is 5. The number of amides is 1. The minimum Gasteiger partial charge on any atom is -0.493 e. The van der Waals surface area contributed by atoms with Crippen LogP contribution in [0.15, 0.2) is 48.7 Å². The molecule has 1 N–H and O–H groups in total. The van der Waals surface area contributed by atoms with Crippen LogP contribution in [-0.4, -0.2) is 45.1 Å². The van der Waals surface area contributed by atoms with Gasteiger partial charge in [-0.15, -0.1) is 5.10 Å². The molecule has 9 nitrogen and oxygen atoms in total. The summed E-state index contributed by atoms with van der Waals surface area (Å²) in [4.78, 5) is 17.4. The van der Waals surface area contributed by atoms with Crippen LogP contribution < -0.4 is 14.8 Å². The molecule has 2 aromatic carbocycles. The molecule has 5 rings (SSSR count). The second kappa shape index (κ2) is 8.58. The van der Waals surface area contributed by atoms with Crippen molar-refractivity contribution >= 4 is 11.7 Å². The first-order valence-electron chi connectivity index (χ1n) is 10.9. The normalized spacial score (nSPS) is 14.9. The van der Waals surface area contributed by atoms with Crippen molar-refractivity contribution in [3.8, 4) is 28.7 Å². The van der Waals surface area contributed by atoms with E-state index >= 15 is 0 Å². The van der Waals surface area contributed by atoms with Gasteiger partial charge in [0.1, 0.15) is 5.82 Å². The van der Waals surface area contributed by atoms with Gasteiger partial charge in [-0.3, -0.25) is 4.79 Å². The molecule has 4 aromatic rings. The van der Waals surface area contributed by atoms with E-state index in [2.05, 4.69) is 25.6 Å². The molecule has 1 aliphatic rings. The van der Waals surface area contributed by atoms with E-state index in [-0.39, 0.29) is 24.2 Å². The van der Waals surface area contributed by atoms with E-state index in [1.807, 2.05) is 56.3 Å². The third kappa shape index (κ3) is 3.75. The van der Waals surface area contributed by atoms with Crippen LogP contribution in [0.2, 0.25) is 0 Å². The van der Waals surface area contributed by atoms with Crippen molar-refractivity contribution < 1.29 is 14.3 Å².